The summed E-state index contributed by atoms with van der Waals surface area (Å²) in [7, 11) is 0. The number of benzene rings is 2. The average Bonchev–Trinajstić information content (AvgIpc) is 2.46. The second-order valence-electron chi connectivity index (χ2n) is 4.83. The Bertz CT molecular complexity index is 636. The molecule has 0 saturated carbocycles. The first kappa shape index (κ1) is 12.7. The van der Waals surface area contributed by atoms with E-state index in [1.807, 2.05) is 30.3 Å². The van der Waals surface area contributed by atoms with Gasteiger partial charge in [0.1, 0.15) is 5.75 Å². The highest BCUT2D eigenvalue weighted by molar-refractivity contribution is 5.88. The topological polar surface area (TPSA) is 66.8 Å². The quantitative estimate of drug-likeness (QED) is 0.880. The predicted octanol–water partition coefficient (Wildman–Crippen LogP) is 2.62. The van der Waals surface area contributed by atoms with Gasteiger partial charge in [0.25, 0.3) is 0 Å². The minimum Gasteiger partial charge on any atom is -0.478 e. The number of fused-ring (bicyclic) bond motifs is 1. The zero-order valence-corrected chi connectivity index (χ0v) is 10.7. The van der Waals surface area contributed by atoms with E-state index in [1.54, 1.807) is 12.1 Å². The van der Waals surface area contributed by atoms with Crippen LogP contribution < -0.4 is 4.74 Å². The molecule has 3 rings (SSSR count). The fraction of sp³-hybridized carbons (Fsp3) is 0.188. The third kappa shape index (κ3) is 2.26. The Morgan fingerprint density at radius 3 is 2.60 bits per heavy atom. The number of rotatable bonds is 2. The van der Waals surface area contributed by atoms with Gasteiger partial charge in [-0.25, -0.2) is 4.79 Å². The van der Waals surface area contributed by atoms with Crippen LogP contribution in [0.2, 0.25) is 0 Å². The number of carbonyl (C=O) groups is 1. The molecule has 4 heteroatoms. The minimum atomic E-state index is -0.967. The maximum atomic E-state index is 11.1. The van der Waals surface area contributed by atoms with E-state index >= 15 is 0 Å². The van der Waals surface area contributed by atoms with Crippen LogP contribution in [-0.2, 0) is 0 Å². The zero-order chi connectivity index (χ0) is 14.1. The maximum Gasteiger partial charge on any atom is 0.335 e. The lowest BCUT2D eigenvalue weighted by atomic mass is 9.85. The summed E-state index contributed by atoms with van der Waals surface area (Å²) < 4.78 is 5.38. The molecule has 0 radical (unpaired) electrons. The molecule has 0 spiro atoms. The molecular formula is C16H14O4. The Morgan fingerprint density at radius 2 is 1.90 bits per heavy atom. The first-order valence-corrected chi connectivity index (χ1v) is 6.42. The van der Waals surface area contributed by atoms with Gasteiger partial charge in [-0.1, -0.05) is 30.3 Å². The Kier molecular flexibility index (Phi) is 3.16. The molecule has 2 N–H and O–H groups in total. The van der Waals surface area contributed by atoms with Crippen molar-refractivity contribution in [2.45, 2.75) is 18.6 Å². The second kappa shape index (κ2) is 4.98. The van der Waals surface area contributed by atoms with Gasteiger partial charge in [0, 0.05) is 17.9 Å². The summed E-state index contributed by atoms with van der Waals surface area (Å²) in [5.74, 6) is -0.484. The highest BCUT2D eigenvalue weighted by atomic mass is 16.6. The molecule has 1 aliphatic heterocycles. The molecule has 0 fully saturated rings. The predicted molar refractivity (Wildman–Crippen MR) is 72.9 cm³/mol. The molecule has 2 aromatic carbocycles. The number of aliphatic hydroxyl groups is 1. The minimum absolute atomic E-state index is 0.0609. The van der Waals surface area contributed by atoms with Gasteiger partial charge in [-0.3, -0.25) is 0 Å². The van der Waals surface area contributed by atoms with Crippen molar-refractivity contribution in [1.82, 2.24) is 0 Å². The van der Waals surface area contributed by atoms with Crippen LogP contribution in [0.5, 0.6) is 5.75 Å². The molecule has 2 atom stereocenters. The van der Waals surface area contributed by atoms with Gasteiger partial charge in [-0.05, 0) is 23.8 Å². The monoisotopic (exact) mass is 270 g/mol. The Morgan fingerprint density at radius 1 is 1.15 bits per heavy atom. The van der Waals surface area contributed by atoms with Crippen molar-refractivity contribution >= 4 is 5.97 Å². The lowest BCUT2D eigenvalue weighted by Crippen LogP contribution is -2.26. The fourth-order valence-corrected chi connectivity index (χ4v) is 2.59. The molecule has 0 aromatic heterocycles. The van der Waals surface area contributed by atoms with E-state index in [0.717, 1.165) is 11.1 Å². The van der Waals surface area contributed by atoms with Gasteiger partial charge in [-0.15, -0.1) is 0 Å². The van der Waals surface area contributed by atoms with Crippen LogP contribution in [0.3, 0.4) is 0 Å². The van der Waals surface area contributed by atoms with Crippen LogP contribution >= 0.6 is 0 Å². The molecule has 0 saturated heterocycles. The smallest absolute Gasteiger partial charge is 0.335 e. The van der Waals surface area contributed by atoms with Crippen LogP contribution in [0.4, 0.5) is 0 Å². The van der Waals surface area contributed by atoms with Gasteiger partial charge in [0.05, 0.1) is 5.56 Å². The lowest BCUT2D eigenvalue weighted by Gasteiger charge is -2.30. The fourth-order valence-electron chi connectivity index (χ4n) is 2.59. The van der Waals surface area contributed by atoms with Gasteiger partial charge in [0.15, 0.2) is 6.29 Å². The molecule has 20 heavy (non-hydrogen) atoms. The normalized spacial score (nSPS) is 20.9. The van der Waals surface area contributed by atoms with Crippen LogP contribution in [-0.4, -0.2) is 22.5 Å². The third-order valence-electron chi connectivity index (χ3n) is 3.53. The van der Waals surface area contributed by atoms with E-state index in [0.29, 0.717) is 12.2 Å². The second-order valence-corrected chi connectivity index (χ2v) is 4.83. The van der Waals surface area contributed by atoms with Crippen molar-refractivity contribution in [1.29, 1.82) is 0 Å². The van der Waals surface area contributed by atoms with E-state index in [2.05, 4.69) is 0 Å². The Labute approximate surface area is 116 Å². The summed E-state index contributed by atoms with van der Waals surface area (Å²) in [6.45, 7) is 0. The molecular weight excluding hydrogens is 256 g/mol. The molecule has 2 unspecified atom stereocenters. The molecule has 0 bridgehead atoms. The molecule has 4 nitrogen and oxygen atoms in total. The van der Waals surface area contributed by atoms with Crippen LogP contribution in [0, 0.1) is 0 Å². The van der Waals surface area contributed by atoms with Crippen LogP contribution in [0.15, 0.2) is 48.5 Å². The van der Waals surface area contributed by atoms with E-state index in [9.17, 15) is 9.90 Å². The first-order chi connectivity index (χ1) is 9.65. The first-order valence-electron chi connectivity index (χ1n) is 6.42. The van der Waals surface area contributed by atoms with Crippen molar-refractivity contribution in [2.75, 3.05) is 0 Å². The van der Waals surface area contributed by atoms with Crippen LogP contribution in [0.1, 0.15) is 33.8 Å². The summed E-state index contributed by atoms with van der Waals surface area (Å²) >= 11 is 0. The maximum absolute atomic E-state index is 11.1. The lowest BCUT2D eigenvalue weighted by molar-refractivity contribution is -0.0359. The molecule has 0 aliphatic carbocycles. The molecule has 1 aliphatic rings. The molecule has 2 aromatic rings. The highest BCUT2D eigenvalue weighted by Gasteiger charge is 2.29. The average molecular weight is 270 g/mol. The van der Waals surface area contributed by atoms with E-state index < -0.39 is 12.3 Å². The van der Waals surface area contributed by atoms with Crippen molar-refractivity contribution in [2.24, 2.45) is 0 Å². The molecule has 0 amide bonds. The standard InChI is InChI=1S/C16H14O4/c17-15-9-12(10-4-2-1-3-5-10)13-8-11(16(18)19)6-7-14(13)20-15/h1-8,12,15,17H,9H2,(H,18,19). The molecule has 102 valence electrons. The van der Waals surface area contributed by atoms with Crippen molar-refractivity contribution in [3.63, 3.8) is 0 Å². The van der Waals surface area contributed by atoms with E-state index in [1.165, 1.54) is 6.07 Å². The van der Waals surface area contributed by atoms with Gasteiger partial charge >= 0.3 is 5.97 Å². The van der Waals surface area contributed by atoms with E-state index in [4.69, 9.17) is 9.84 Å². The number of ether oxygens (including phenoxy) is 1. The summed E-state index contributed by atoms with van der Waals surface area (Å²) in [4.78, 5) is 11.1. The van der Waals surface area contributed by atoms with Gasteiger partial charge < -0.3 is 14.9 Å². The number of aliphatic hydroxyl groups excluding tert-OH is 1. The number of carboxylic acids is 1. The number of hydrogen-bond donors (Lipinski definition) is 2. The number of aromatic carboxylic acids is 1. The van der Waals surface area contributed by atoms with Crippen LogP contribution in [0.25, 0.3) is 0 Å². The van der Waals surface area contributed by atoms with E-state index in [-0.39, 0.29) is 11.5 Å². The highest BCUT2D eigenvalue weighted by Crippen LogP contribution is 2.40. The van der Waals surface area contributed by atoms with Gasteiger partial charge in [0.2, 0.25) is 0 Å². The van der Waals surface area contributed by atoms with Crippen molar-refractivity contribution < 1.29 is 19.7 Å². The Hall–Kier alpha value is -2.33. The zero-order valence-electron chi connectivity index (χ0n) is 10.7. The summed E-state index contributed by atoms with van der Waals surface area (Å²) in [6, 6.07) is 14.4. The van der Waals surface area contributed by atoms with Gasteiger partial charge in [-0.2, -0.15) is 0 Å². The summed E-state index contributed by atoms with van der Waals surface area (Å²) in [6.07, 6.45) is -0.455. The summed E-state index contributed by atoms with van der Waals surface area (Å²) in [5, 5.41) is 18.9. The third-order valence-corrected chi connectivity index (χ3v) is 3.53. The largest absolute Gasteiger partial charge is 0.478 e. The van der Waals surface area contributed by atoms with Crippen molar-refractivity contribution in [3.05, 3.63) is 65.2 Å². The SMILES string of the molecule is O=C(O)c1ccc2c(c1)C(c1ccccc1)CC(O)O2. The molecule has 1 heterocycles. The summed E-state index contributed by atoms with van der Waals surface area (Å²) in [5.41, 5.74) is 2.07. The van der Waals surface area contributed by atoms with Crippen molar-refractivity contribution in [3.8, 4) is 5.75 Å². The Balaban J connectivity index is 2.10. The number of carboxylic acid groups (broad SMARTS) is 1. The number of hydrogen-bond acceptors (Lipinski definition) is 3.